The Morgan fingerprint density at radius 2 is 1.64 bits per heavy atom. The van der Waals surface area contributed by atoms with Crippen LogP contribution in [0.5, 0.6) is 0 Å². The molecule has 2 atom stereocenters. The Morgan fingerprint density at radius 3 is 2.36 bits per heavy atom. The smallest absolute Gasteiger partial charge is 0.0169 e. The van der Waals surface area contributed by atoms with Crippen molar-refractivity contribution in [3.05, 3.63) is 77.9 Å². The Morgan fingerprint density at radius 1 is 0.880 bits per heavy atom. The van der Waals surface area contributed by atoms with Crippen molar-refractivity contribution in [2.24, 2.45) is 5.92 Å². The molecule has 1 aliphatic carbocycles. The lowest BCUT2D eigenvalue weighted by Gasteiger charge is -2.35. The van der Waals surface area contributed by atoms with E-state index >= 15 is 0 Å². The van der Waals surface area contributed by atoms with Crippen molar-refractivity contribution in [3.63, 3.8) is 0 Å². The van der Waals surface area contributed by atoms with Crippen molar-refractivity contribution in [3.8, 4) is 0 Å². The van der Waals surface area contributed by atoms with Gasteiger partial charge in [-0.25, -0.2) is 0 Å². The van der Waals surface area contributed by atoms with Gasteiger partial charge in [-0.1, -0.05) is 73.2 Å². The van der Waals surface area contributed by atoms with Crippen LogP contribution in [0, 0.1) is 5.92 Å². The van der Waals surface area contributed by atoms with Gasteiger partial charge in [0, 0.05) is 19.6 Å². The molecule has 1 heteroatoms. The summed E-state index contributed by atoms with van der Waals surface area (Å²) >= 11 is 0. The lowest BCUT2D eigenvalue weighted by atomic mass is 9.77. The van der Waals surface area contributed by atoms with Crippen molar-refractivity contribution in [1.82, 2.24) is 4.90 Å². The highest BCUT2D eigenvalue weighted by molar-refractivity contribution is 5.66. The van der Waals surface area contributed by atoms with Gasteiger partial charge in [-0.05, 0) is 54.2 Å². The molecule has 1 aliphatic heterocycles. The molecule has 1 heterocycles. The summed E-state index contributed by atoms with van der Waals surface area (Å²) in [4.78, 5) is 2.67. The van der Waals surface area contributed by atoms with Crippen molar-refractivity contribution < 1.29 is 0 Å². The first-order valence-electron chi connectivity index (χ1n) is 9.90. The van der Waals surface area contributed by atoms with Crippen LogP contribution in [0.2, 0.25) is 0 Å². The quantitative estimate of drug-likeness (QED) is 0.689. The van der Waals surface area contributed by atoms with Gasteiger partial charge in [0.15, 0.2) is 0 Å². The summed E-state index contributed by atoms with van der Waals surface area (Å²) < 4.78 is 0. The summed E-state index contributed by atoms with van der Waals surface area (Å²) in [5.41, 5.74) is 4.49. The van der Waals surface area contributed by atoms with Crippen molar-refractivity contribution in [2.75, 3.05) is 19.6 Å². The fraction of sp³-hybridized carbons (Fsp3) is 0.417. The van der Waals surface area contributed by atoms with Gasteiger partial charge in [-0.2, -0.15) is 0 Å². The topological polar surface area (TPSA) is 3.24 Å². The molecule has 25 heavy (non-hydrogen) atoms. The van der Waals surface area contributed by atoms with E-state index < -0.39 is 0 Å². The molecule has 0 amide bonds. The van der Waals surface area contributed by atoms with Gasteiger partial charge in [0.2, 0.25) is 0 Å². The molecular formula is C24H29N. The van der Waals surface area contributed by atoms with Crippen LogP contribution in [0.1, 0.15) is 49.1 Å². The Balaban J connectivity index is 1.33. The Kier molecular flexibility index (Phi) is 5.32. The fourth-order valence-corrected chi connectivity index (χ4v) is 4.64. The zero-order valence-corrected chi connectivity index (χ0v) is 15.1. The maximum Gasteiger partial charge on any atom is 0.0169 e. The second-order valence-corrected chi connectivity index (χ2v) is 7.75. The monoisotopic (exact) mass is 331 g/mol. The van der Waals surface area contributed by atoms with Gasteiger partial charge in [0.1, 0.15) is 0 Å². The summed E-state index contributed by atoms with van der Waals surface area (Å²) in [5, 5.41) is 0. The van der Waals surface area contributed by atoms with Crippen LogP contribution in [0.3, 0.4) is 0 Å². The molecule has 1 fully saturated rings. The predicted octanol–water partition coefficient (Wildman–Crippen LogP) is 5.75. The average Bonchev–Trinajstić information content (AvgIpc) is 2.70. The fourth-order valence-electron chi connectivity index (χ4n) is 4.64. The first kappa shape index (κ1) is 16.6. The zero-order chi connectivity index (χ0) is 16.9. The highest BCUT2D eigenvalue weighted by atomic mass is 15.1. The number of rotatable bonds is 4. The van der Waals surface area contributed by atoms with Crippen LogP contribution < -0.4 is 0 Å². The molecule has 0 unspecified atom stereocenters. The first-order chi connectivity index (χ1) is 12.4. The Hall–Kier alpha value is -1.86. The lowest BCUT2D eigenvalue weighted by molar-refractivity contribution is 0.205. The molecule has 1 nitrogen and oxygen atoms in total. The molecule has 2 aromatic carbocycles. The van der Waals surface area contributed by atoms with Crippen LogP contribution >= 0.6 is 0 Å². The Labute approximate surface area is 152 Å². The van der Waals surface area contributed by atoms with E-state index in [0.717, 1.165) is 18.4 Å². The predicted molar refractivity (Wildman–Crippen MR) is 107 cm³/mol. The molecular weight excluding hydrogens is 302 g/mol. The van der Waals surface area contributed by atoms with E-state index in [1.807, 2.05) is 0 Å². The second kappa shape index (κ2) is 8.01. The SMILES string of the molecule is C1=C(c2ccccc2)CCN(C[C@@H]2CCC[C@H](c3ccccc3)C2)C1. The highest BCUT2D eigenvalue weighted by Gasteiger charge is 2.25. The van der Waals surface area contributed by atoms with Crippen molar-refractivity contribution in [2.45, 2.75) is 38.0 Å². The van der Waals surface area contributed by atoms with Gasteiger partial charge in [-0.3, -0.25) is 4.90 Å². The maximum absolute atomic E-state index is 2.67. The number of nitrogens with zero attached hydrogens (tertiary/aromatic N) is 1. The molecule has 0 bridgehead atoms. The van der Waals surface area contributed by atoms with E-state index in [9.17, 15) is 0 Å². The molecule has 2 aromatic rings. The molecule has 130 valence electrons. The molecule has 0 N–H and O–H groups in total. The van der Waals surface area contributed by atoms with E-state index in [1.165, 1.54) is 56.3 Å². The van der Waals surface area contributed by atoms with Crippen LogP contribution in [0.15, 0.2) is 66.7 Å². The van der Waals surface area contributed by atoms with Crippen molar-refractivity contribution in [1.29, 1.82) is 0 Å². The minimum absolute atomic E-state index is 0.778. The van der Waals surface area contributed by atoms with Crippen LogP contribution in [-0.4, -0.2) is 24.5 Å². The van der Waals surface area contributed by atoms with Gasteiger partial charge in [0.05, 0.1) is 0 Å². The second-order valence-electron chi connectivity index (χ2n) is 7.75. The molecule has 0 saturated heterocycles. The van der Waals surface area contributed by atoms with Gasteiger partial charge >= 0.3 is 0 Å². The average molecular weight is 332 g/mol. The number of hydrogen-bond donors (Lipinski definition) is 0. The number of hydrogen-bond acceptors (Lipinski definition) is 1. The molecule has 4 rings (SSSR count). The van der Waals surface area contributed by atoms with Crippen LogP contribution in [0.4, 0.5) is 0 Å². The largest absolute Gasteiger partial charge is 0.299 e. The normalized spacial score (nSPS) is 24.7. The summed E-state index contributed by atoms with van der Waals surface area (Å²) in [6.07, 6.45) is 9.20. The molecule has 0 radical (unpaired) electrons. The third kappa shape index (κ3) is 4.22. The van der Waals surface area contributed by atoms with Gasteiger partial charge in [-0.15, -0.1) is 0 Å². The third-order valence-electron chi connectivity index (χ3n) is 6.01. The van der Waals surface area contributed by atoms with Gasteiger partial charge < -0.3 is 0 Å². The molecule has 1 saturated carbocycles. The standard InChI is InChI=1S/C24H29N/c1-3-9-21(10-4-1)23-14-16-25(17-15-23)19-20-8-7-13-24(18-20)22-11-5-2-6-12-22/h1-6,9-12,14,20,24H,7-8,13,15-19H2/t20-,24+/m1/s1. The minimum atomic E-state index is 0.778. The highest BCUT2D eigenvalue weighted by Crippen LogP contribution is 2.36. The van der Waals surface area contributed by atoms with Gasteiger partial charge in [0.25, 0.3) is 0 Å². The first-order valence-corrected chi connectivity index (χ1v) is 9.90. The van der Waals surface area contributed by atoms with Crippen LogP contribution in [0.25, 0.3) is 5.57 Å². The zero-order valence-electron chi connectivity index (χ0n) is 15.1. The van der Waals surface area contributed by atoms with Crippen molar-refractivity contribution >= 4 is 5.57 Å². The van der Waals surface area contributed by atoms with E-state index in [0.29, 0.717) is 0 Å². The van der Waals surface area contributed by atoms with E-state index in [-0.39, 0.29) is 0 Å². The summed E-state index contributed by atoms with van der Waals surface area (Å²) in [6, 6.07) is 22.0. The summed E-state index contributed by atoms with van der Waals surface area (Å²) in [5.74, 6) is 1.64. The lowest BCUT2D eigenvalue weighted by Crippen LogP contribution is -2.34. The molecule has 0 spiro atoms. The summed E-state index contributed by atoms with van der Waals surface area (Å²) in [7, 11) is 0. The molecule has 0 aromatic heterocycles. The maximum atomic E-state index is 2.67. The molecule has 2 aliphatic rings. The Bertz CT molecular complexity index is 689. The van der Waals surface area contributed by atoms with Crippen LogP contribution in [-0.2, 0) is 0 Å². The van der Waals surface area contributed by atoms with E-state index in [4.69, 9.17) is 0 Å². The van der Waals surface area contributed by atoms with E-state index in [2.05, 4.69) is 71.6 Å². The van der Waals surface area contributed by atoms with E-state index in [1.54, 1.807) is 5.56 Å². The summed E-state index contributed by atoms with van der Waals surface area (Å²) in [6.45, 7) is 3.62. The minimum Gasteiger partial charge on any atom is -0.299 e. The number of benzene rings is 2. The third-order valence-corrected chi connectivity index (χ3v) is 6.01.